The van der Waals surface area contributed by atoms with Crippen molar-refractivity contribution in [3.05, 3.63) is 47.7 Å². The standard InChI is InChI=1S/C36H50Cl3N5O6/c1-21(2)31(32(46)40-22(3)33(47)44-18-10-11-29(42-44)34(48)49-20-36(37,38)39)43(9)24(5)35(7,8)17-16-26-12-13-27-14-15-28(41-30(27)19-26)23(4)50-25(6)45/h12-17,19,21-24,29,31,42H,10-11,18,20H2,1-9H3,(H,40,46)/t22-,23+,24?,29-,31-/m0/s1. The number of carbonyl (C=O) groups excluding carboxylic acids is 4. The summed E-state index contributed by atoms with van der Waals surface area (Å²) in [4.78, 5) is 57.8. The third-order valence-corrected chi connectivity index (χ3v) is 9.40. The molecule has 0 saturated carbocycles. The van der Waals surface area contributed by atoms with Crippen LogP contribution in [-0.4, -0.2) is 86.8 Å². The van der Waals surface area contributed by atoms with Crippen LogP contribution in [-0.2, 0) is 28.7 Å². The van der Waals surface area contributed by atoms with Gasteiger partial charge in [0.15, 0.2) is 0 Å². The van der Waals surface area contributed by atoms with Gasteiger partial charge in [-0.3, -0.25) is 29.1 Å². The number of fused-ring (bicyclic) bond motifs is 1. The van der Waals surface area contributed by atoms with E-state index in [9.17, 15) is 19.2 Å². The maximum Gasteiger partial charge on any atom is 0.325 e. The molecule has 0 aliphatic carbocycles. The van der Waals surface area contributed by atoms with E-state index in [2.05, 4.69) is 37.6 Å². The molecule has 3 rings (SSSR count). The van der Waals surface area contributed by atoms with E-state index in [0.717, 1.165) is 16.5 Å². The van der Waals surface area contributed by atoms with Crippen molar-refractivity contribution in [1.82, 2.24) is 25.6 Å². The minimum Gasteiger partial charge on any atom is -0.460 e. The Labute approximate surface area is 310 Å². The predicted octanol–water partition coefficient (Wildman–Crippen LogP) is 6.16. The molecule has 11 nitrogen and oxygen atoms in total. The Hall–Kier alpha value is -2.96. The van der Waals surface area contributed by atoms with E-state index in [1.165, 1.54) is 11.9 Å². The van der Waals surface area contributed by atoms with Crippen molar-refractivity contribution < 1.29 is 28.7 Å². The van der Waals surface area contributed by atoms with E-state index in [4.69, 9.17) is 49.3 Å². The van der Waals surface area contributed by atoms with Crippen molar-refractivity contribution in [2.24, 2.45) is 11.3 Å². The first kappa shape index (κ1) is 41.5. The summed E-state index contributed by atoms with van der Waals surface area (Å²) < 4.78 is 8.64. The Balaban J connectivity index is 1.67. The number of amides is 2. The molecule has 50 heavy (non-hydrogen) atoms. The van der Waals surface area contributed by atoms with Crippen LogP contribution in [0.4, 0.5) is 0 Å². The highest BCUT2D eigenvalue weighted by Gasteiger charge is 2.38. The number of hydrogen-bond acceptors (Lipinski definition) is 9. The molecule has 0 bridgehead atoms. The van der Waals surface area contributed by atoms with Crippen LogP contribution in [0.5, 0.6) is 0 Å². The summed E-state index contributed by atoms with van der Waals surface area (Å²) in [6, 6.07) is 7.59. The second kappa shape index (κ2) is 17.5. The number of halogens is 3. The van der Waals surface area contributed by atoms with Crippen LogP contribution in [0.2, 0.25) is 0 Å². The highest BCUT2D eigenvalue weighted by molar-refractivity contribution is 6.67. The lowest BCUT2D eigenvalue weighted by atomic mass is 9.82. The van der Waals surface area contributed by atoms with E-state index < -0.39 is 40.6 Å². The van der Waals surface area contributed by atoms with Gasteiger partial charge in [0.1, 0.15) is 24.8 Å². The second-order valence-corrected chi connectivity index (χ2v) is 16.4. The Morgan fingerprint density at radius 3 is 2.38 bits per heavy atom. The molecule has 1 aromatic heterocycles. The summed E-state index contributed by atoms with van der Waals surface area (Å²) in [6.07, 6.45) is 4.71. The molecule has 0 radical (unpaired) electrons. The summed E-state index contributed by atoms with van der Waals surface area (Å²) in [6.45, 7) is 15.0. The first-order valence-electron chi connectivity index (χ1n) is 16.8. The zero-order chi connectivity index (χ0) is 37.6. The Bertz CT molecular complexity index is 1560. The molecule has 1 fully saturated rings. The fourth-order valence-corrected chi connectivity index (χ4v) is 6.09. The van der Waals surface area contributed by atoms with Gasteiger partial charge in [-0.15, -0.1) is 0 Å². The number of nitrogens with one attached hydrogen (secondary N) is 2. The van der Waals surface area contributed by atoms with Crippen molar-refractivity contribution in [1.29, 1.82) is 0 Å². The lowest BCUT2D eigenvalue weighted by molar-refractivity contribution is -0.153. The fourth-order valence-electron chi connectivity index (χ4n) is 5.93. The van der Waals surface area contributed by atoms with Crippen LogP contribution in [0.3, 0.4) is 0 Å². The molecule has 1 unspecified atom stereocenters. The van der Waals surface area contributed by atoms with Crippen molar-refractivity contribution in [3.63, 3.8) is 0 Å². The number of likely N-dealkylation sites (N-methyl/N-ethyl adjacent to an activating group) is 1. The summed E-state index contributed by atoms with van der Waals surface area (Å²) >= 11 is 17.1. The summed E-state index contributed by atoms with van der Waals surface area (Å²) in [5.74, 6) is -1.70. The molecule has 2 N–H and O–H groups in total. The van der Waals surface area contributed by atoms with Crippen LogP contribution < -0.4 is 10.7 Å². The first-order chi connectivity index (χ1) is 23.2. The van der Waals surface area contributed by atoms with Crippen molar-refractivity contribution in [3.8, 4) is 0 Å². The zero-order valence-corrected chi connectivity index (χ0v) is 32.5. The number of alkyl halides is 3. The van der Waals surface area contributed by atoms with Gasteiger partial charge < -0.3 is 14.8 Å². The number of rotatable bonds is 13. The number of hydrazine groups is 1. The molecular weight excluding hydrogens is 705 g/mol. The largest absolute Gasteiger partial charge is 0.460 e. The van der Waals surface area contributed by atoms with Gasteiger partial charge in [-0.2, -0.15) is 0 Å². The molecule has 2 aromatic rings. The Morgan fingerprint density at radius 2 is 1.76 bits per heavy atom. The van der Waals surface area contributed by atoms with Crippen LogP contribution >= 0.6 is 34.8 Å². The molecule has 1 aromatic carbocycles. The van der Waals surface area contributed by atoms with E-state index in [-0.39, 0.29) is 35.2 Å². The monoisotopic (exact) mass is 753 g/mol. The van der Waals surface area contributed by atoms with Gasteiger partial charge in [-0.1, -0.05) is 92.8 Å². The molecule has 1 saturated heterocycles. The number of carbonyl (C=O) groups is 4. The highest BCUT2D eigenvalue weighted by atomic mass is 35.6. The molecule has 2 heterocycles. The maximum atomic E-state index is 13.7. The molecule has 0 spiro atoms. The molecule has 5 atom stereocenters. The second-order valence-electron chi connectivity index (χ2n) is 13.9. The summed E-state index contributed by atoms with van der Waals surface area (Å²) in [5, 5.41) is 5.21. The van der Waals surface area contributed by atoms with Gasteiger partial charge in [0, 0.05) is 24.9 Å². The van der Waals surface area contributed by atoms with Crippen LogP contribution in [0.15, 0.2) is 36.4 Å². The van der Waals surface area contributed by atoms with Gasteiger partial charge in [-0.25, -0.2) is 10.4 Å². The SMILES string of the molecule is CC(=O)O[C@H](C)c1ccc2ccc(C=CC(C)(C)C(C)N(C)[C@H](C(=O)N[C@@H](C)C(=O)N3CCC[C@@H](C(=O)OCC(Cl)(Cl)Cl)N3)C(C)C)cc2n1. The fraction of sp³-hybridized carbons (Fsp3) is 0.583. The zero-order valence-electron chi connectivity index (χ0n) is 30.3. The molecular formula is C36H50Cl3N5O6. The minimum absolute atomic E-state index is 0.0650. The number of ether oxygens (including phenoxy) is 2. The molecule has 14 heteroatoms. The van der Waals surface area contributed by atoms with E-state index in [1.807, 2.05) is 62.2 Å². The number of benzene rings is 1. The van der Waals surface area contributed by atoms with Gasteiger partial charge in [0.2, 0.25) is 9.70 Å². The molecule has 1 aliphatic heterocycles. The number of esters is 2. The van der Waals surface area contributed by atoms with Crippen molar-refractivity contribution in [2.75, 3.05) is 20.2 Å². The quantitative estimate of drug-likeness (QED) is 0.183. The molecule has 1 aliphatic rings. The van der Waals surface area contributed by atoms with Crippen molar-refractivity contribution >= 4 is 75.5 Å². The molecule has 276 valence electrons. The van der Waals surface area contributed by atoms with E-state index in [0.29, 0.717) is 25.1 Å². The minimum atomic E-state index is -1.74. The van der Waals surface area contributed by atoms with E-state index >= 15 is 0 Å². The first-order valence-corrected chi connectivity index (χ1v) is 17.9. The van der Waals surface area contributed by atoms with Crippen LogP contribution in [0.25, 0.3) is 17.0 Å². The third-order valence-electron chi connectivity index (χ3n) is 9.07. The van der Waals surface area contributed by atoms with Gasteiger partial charge in [0.05, 0.1) is 17.3 Å². The van der Waals surface area contributed by atoms with Crippen LogP contribution in [0.1, 0.15) is 85.6 Å². The predicted molar refractivity (Wildman–Crippen MR) is 197 cm³/mol. The maximum absolute atomic E-state index is 13.7. The van der Waals surface area contributed by atoms with Crippen molar-refractivity contribution in [2.45, 2.75) is 102 Å². The van der Waals surface area contributed by atoms with Gasteiger partial charge in [0.25, 0.3) is 5.91 Å². The van der Waals surface area contributed by atoms with E-state index in [1.54, 1.807) is 13.8 Å². The lowest BCUT2D eigenvalue weighted by Gasteiger charge is -2.42. The highest BCUT2D eigenvalue weighted by Crippen LogP contribution is 2.31. The third kappa shape index (κ3) is 11.5. The Morgan fingerprint density at radius 1 is 1.10 bits per heavy atom. The number of hydrogen-bond donors (Lipinski definition) is 2. The average Bonchev–Trinajstić information content (AvgIpc) is 3.04. The van der Waals surface area contributed by atoms with Gasteiger partial charge in [-0.05, 0) is 69.7 Å². The summed E-state index contributed by atoms with van der Waals surface area (Å²) in [5.41, 5.74) is 4.96. The topological polar surface area (TPSA) is 130 Å². The number of aromatic nitrogens is 1. The molecule has 2 amide bonds. The number of nitrogens with zero attached hydrogens (tertiary/aromatic N) is 3. The average molecular weight is 755 g/mol. The summed E-state index contributed by atoms with van der Waals surface area (Å²) in [7, 11) is 1.92. The van der Waals surface area contributed by atoms with Gasteiger partial charge >= 0.3 is 11.9 Å². The normalized spacial score (nSPS) is 18.2. The lowest BCUT2D eigenvalue weighted by Crippen LogP contribution is -2.61. The number of pyridine rings is 1. The Kier molecular flexibility index (Phi) is 14.5. The smallest absolute Gasteiger partial charge is 0.325 e. The van der Waals surface area contributed by atoms with Crippen LogP contribution in [0, 0.1) is 11.3 Å².